The first kappa shape index (κ1) is 19.2. The van der Waals surface area contributed by atoms with Crippen molar-refractivity contribution in [3.63, 3.8) is 0 Å². The van der Waals surface area contributed by atoms with E-state index in [2.05, 4.69) is 16.8 Å². The van der Waals surface area contributed by atoms with Gasteiger partial charge in [-0.3, -0.25) is 4.79 Å². The summed E-state index contributed by atoms with van der Waals surface area (Å²) >= 11 is 0. The summed E-state index contributed by atoms with van der Waals surface area (Å²) in [6, 6.07) is 2.58. The van der Waals surface area contributed by atoms with Crippen molar-refractivity contribution in [3.05, 3.63) is 23.0 Å². The third kappa shape index (κ3) is 3.40. The fraction of sp³-hybridized carbons (Fsp3) is 0.750. The van der Waals surface area contributed by atoms with Gasteiger partial charge in [0.15, 0.2) is 6.61 Å². The van der Waals surface area contributed by atoms with Crippen LogP contribution in [-0.2, 0) is 9.53 Å². The van der Waals surface area contributed by atoms with Gasteiger partial charge in [-0.15, -0.1) is 0 Å². The number of nitrogens with zero attached hydrogens (tertiary/aromatic N) is 1. The third-order valence-corrected chi connectivity index (χ3v) is 8.33. The Balaban J connectivity index is 1.17. The predicted molar refractivity (Wildman–Crippen MR) is 111 cm³/mol. The molecule has 4 bridgehead atoms. The number of hydrogen-bond donors (Lipinski definition) is 1. The Bertz CT molecular complexity index is 800. The second kappa shape index (κ2) is 6.88. The number of nitrogens with one attached hydrogen (secondary N) is 1. The van der Waals surface area contributed by atoms with Gasteiger partial charge >= 0.3 is 5.97 Å². The number of carbonyl (C=O) groups is 2. The van der Waals surface area contributed by atoms with Gasteiger partial charge in [0, 0.05) is 23.5 Å². The van der Waals surface area contributed by atoms with Crippen molar-refractivity contribution in [2.45, 2.75) is 84.2 Å². The Morgan fingerprint density at radius 3 is 2.28 bits per heavy atom. The first-order chi connectivity index (χ1) is 13.8. The van der Waals surface area contributed by atoms with Crippen molar-refractivity contribution < 1.29 is 14.3 Å². The Hall–Kier alpha value is -1.78. The Kier molecular flexibility index (Phi) is 4.56. The molecule has 0 aromatic carbocycles. The molecule has 29 heavy (non-hydrogen) atoms. The van der Waals surface area contributed by atoms with Gasteiger partial charge in [0.2, 0.25) is 0 Å². The van der Waals surface area contributed by atoms with Crippen LogP contribution in [0.25, 0.3) is 0 Å². The number of ether oxygens (including phenoxy) is 1. The highest BCUT2D eigenvalue weighted by Crippen LogP contribution is 2.61. The van der Waals surface area contributed by atoms with Gasteiger partial charge in [-0.2, -0.15) is 0 Å². The molecule has 6 rings (SSSR count). The lowest BCUT2D eigenvalue weighted by Crippen LogP contribution is -2.56. The summed E-state index contributed by atoms with van der Waals surface area (Å²) in [7, 11) is 0. The second-order valence-electron chi connectivity index (χ2n) is 10.5. The van der Waals surface area contributed by atoms with Crippen LogP contribution in [0.5, 0.6) is 0 Å². The molecule has 158 valence electrons. The van der Waals surface area contributed by atoms with Crippen LogP contribution in [0, 0.1) is 37.0 Å². The minimum Gasteiger partial charge on any atom is -0.452 e. The van der Waals surface area contributed by atoms with Gasteiger partial charge in [-0.05, 0) is 101 Å². The van der Waals surface area contributed by atoms with Crippen LogP contribution in [0.4, 0.5) is 0 Å². The Morgan fingerprint density at radius 1 is 1.14 bits per heavy atom. The minimum atomic E-state index is -0.386. The number of rotatable bonds is 6. The average molecular weight is 399 g/mol. The lowest BCUT2D eigenvalue weighted by Gasteiger charge is -2.59. The molecule has 1 N–H and O–H groups in total. The lowest BCUT2D eigenvalue weighted by atomic mass is 9.48. The fourth-order valence-electron chi connectivity index (χ4n) is 7.23. The van der Waals surface area contributed by atoms with Crippen molar-refractivity contribution >= 4 is 11.9 Å². The van der Waals surface area contributed by atoms with E-state index in [1.165, 1.54) is 51.4 Å². The molecule has 1 aromatic rings. The molecular formula is C24H34N2O3. The van der Waals surface area contributed by atoms with Crippen molar-refractivity contribution in [1.82, 2.24) is 9.88 Å². The largest absolute Gasteiger partial charge is 0.452 e. The van der Waals surface area contributed by atoms with E-state index in [9.17, 15) is 9.59 Å². The lowest BCUT2D eigenvalue weighted by molar-refractivity contribution is -0.128. The number of carbonyl (C=O) groups excluding carboxylic acids is 2. The van der Waals surface area contributed by atoms with Gasteiger partial charge < -0.3 is 14.6 Å². The summed E-state index contributed by atoms with van der Waals surface area (Å²) in [5.74, 6) is 2.03. The highest BCUT2D eigenvalue weighted by atomic mass is 16.5. The maximum atomic E-state index is 12.6. The normalized spacial score (nSPS) is 33.6. The van der Waals surface area contributed by atoms with E-state index in [0.29, 0.717) is 11.6 Å². The molecule has 5 aliphatic carbocycles. The number of hydrogen-bond acceptors (Lipinski definition) is 3. The highest BCUT2D eigenvalue weighted by molar-refractivity contribution is 5.92. The van der Waals surface area contributed by atoms with Gasteiger partial charge in [-0.1, -0.05) is 0 Å². The van der Waals surface area contributed by atoms with E-state index in [4.69, 9.17) is 4.74 Å². The van der Waals surface area contributed by atoms with Crippen molar-refractivity contribution in [3.8, 4) is 0 Å². The van der Waals surface area contributed by atoms with Gasteiger partial charge in [0.1, 0.15) is 0 Å². The van der Waals surface area contributed by atoms with Crippen molar-refractivity contribution in [2.75, 3.05) is 6.61 Å². The quantitative estimate of drug-likeness (QED) is 0.726. The molecule has 1 aromatic heterocycles. The smallest absolute Gasteiger partial charge is 0.340 e. The standard InChI is InChI=1S/C24H34N2O3/c1-14-6-21(15(2)26(14)20-4-5-20)23(28)29-13-22(27)25-16(3)24-10-17-7-18(11-24)9-19(8-17)12-24/h6,16-20H,4-5,7-13H2,1-3H3,(H,25,27)/t16-,17?,18?,19?,24?/m0/s1. The summed E-state index contributed by atoms with van der Waals surface area (Å²) in [6.07, 6.45) is 10.3. The first-order valence-corrected chi connectivity index (χ1v) is 11.5. The molecule has 0 radical (unpaired) electrons. The summed E-state index contributed by atoms with van der Waals surface area (Å²) in [5, 5.41) is 3.18. The molecule has 0 unspecified atom stereocenters. The van der Waals surface area contributed by atoms with Crippen molar-refractivity contribution in [2.24, 2.45) is 23.2 Å². The van der Waals surface area contributed by atoms with Crippen LogP contribution in [-0.4, -0.2) is 29.1 Å². The molecule has 1 heterocycles. The molecule has 5 heteroatoms. The molecule has 1 atom stereocenters. The maximum absolute atomic E-state index is 12.6. The van der Waals surface area contributed by atoms with E-state index < -0.39 is 0 Å². The topological polar surface area (TPSA) is 60.3 Å². The second-order valence-corrected chi connectivity index (χ2v) is 10.5. The van der Waals surface area contributed by atoms with Gasteiger partial charge in [0.25, 0.3) is 5.91 Å². The number of aryl methyl sites for hydroxylation is 1. The summed E-state index contributed by atoms with van der Waals surface area (Å²) in [4.78, 5) is 25.1. The van der Waals surface area contributed by atoms with Crippen molar-refractivity contribution in [1.29, 1.82) is 0 Å². The predicted octanol–water partition coefficient (Wildman–Crippen LogP) is 4.32. The molecule has 0 spiro atoms. The van der Waals surface area contributed by atoms with Gasteiger partial charge in [-0.25, -0.2) is 4.79 Å². The minimum absolute atomic E-state index is 0.155. The zero-order chi connectivity index (χ0) is 20.3. The van der Waals surface area contributed by atoms with E-state index >= 15 is 0 Å². The zero-order valence-electron chi connectivity index (χ0n) is 18.0. The number of esters is 1. The van der Waals surface area contributed by atoms with Crippen LogP contribution in [0.3, 0.4) is 0 Å². The Labute approximate surface area is 173 Å². The molecule has 0 aliphatic heterocycles. The van der Waals surface area contributed by atoms with E-state index in [1.807, 2.05) is 19.9 Å². The Morgan fingerprint density at radius 2 is 1.72 bits per heavy atom. The molecule has 0 saturated heterocycles. The third-order valence-electron chi connectivity index (χ3n) is 8.33. The fourth-order valence-corrected chi connectivity index (χ4v) is 7.23. The van der Waals surface area contributed by atoms with Crippen LogP contribution in [0.1, 0.15) is 86.1 Å². The van der Waals surface area contributed by atoms with Crippen LogP contribution in [0.2, 0.25) is 0 Å². The average Bonchev–Trinajstić information content (AvgIpc) is 3.43. The monoisotopic (exact) mass is 398 g/mol. The van der Waals surface area contributed by atoms with E-state index in [-0.39, 0.29) is 29.9 Å². The summed E-state index contributed by atoms with van der Waals surface area (Å²) in [5.41, 5.74) is 2.91. The van der Waals surface area contributed by atoms with Gasteiger partial charge in [0.05, 0.1) is 5.56 Å². The van der Waals surface area contributed by atoms with E-state index in [1.54, 1.807) is 0 Å². The summed E-state index contributed by atoms with van der Waals surface area (Å²) in [6.45, 7) is 5.97. The SMILES string of the molecule is Cc1cc(C(=O)OCC(=O)N[C@@H](C)C23CC4CC(CC(C4)C2)C3)c(C)n1C1CC1. The first-order valence-electron chi connectivity index (χ1n) is 11.5. The van der Waals surface area contributed by atoms with E-state index in [0.717, 1.165) is 29.1 Å². The molecule has 5 fully saturated rings. The number of amides is 1. The highest BCUT2D eigenvalue weighted by Gasteiger charge is 2.53. The molecule has 5 saturated carbocycles. The summed E-state index contributed by atoms with van der Waals surface area (Å²) < 4.78 is 7.62. The molecule has 1 amide bonds. The zero-order valence-corrected chi connectivity index (χ0v) is 18.0. The van der Waals surface area contributed by atoms with Crippen LogP contribution in [0.15, 0.2) is 6.07 Å². The molecular weight excluding hydrogens is 364 g/mol. The maximum Gasteiger partial charge on any atom is 0.340 e. The molecule has 5 aliphatic rings. The van der Waals surface area contributed by atoms with Crippen LogP contribution >= 0.6 is 0 Å². The van der Waals surface area contributed by atoms with Crippen LogP contribution < -0.4 is 5.32 Å². The number of aromatic nitrogens is 1. The molecule has 5 nitrogen and oxygen atoms in total.